The van der Waals surface area contributed by atoms with Crippen molar-refractivity contribution in [2.75, 3.05) is 6.61 Å². The number of nitrogens with one attached hydrogen (secondary N) is 2. The van der Waals surface area contributed by atoms with Gasteiger partial charge in [-0.15, -0.1) is 0 Å². The summed E-state index contributed by atoms with van der Waals surface area (Å²) in [5.41, 5.74) is 1.52. The van der Waals surface area contributed by atoms with Crippen molar-refractivity contribution in [1.29, 1.82) is 0 Å². The SMILES string of the molecule is CCOc1ccc(Cl)cc1S(=O)(=O)NC(Cc1ccccc1)C(=O)NCc1ccccc1Cl. The molecule has 1 amide bonds. The maximum atomic E-state index is 13.3. The second-order valence-corrected chi connectivity index (χ2v) is 9.72. The van der Waals surface area contributed by atoms with Gasteiger partial charge in [-0.05, 0) is 48.7 Å². The van der Waals surface area contributed by atoms with E-state index in [0.29, 0.717) is 5.02 Å². The summed E-state index contributed by atoms with van der Waals surface area (Å²) in [6.45, 7) is 2.18. The Bertz CT molecular complexity index is 1200. The highest BCUT2D eigenvalue weighted by molar-refractivity contribution is 7.89. The molecule has 0 aliphatic carbocycles. The fraction of sp³-hybridized carbons (Fsp3) is 0.208. The number of hydrogen-bond acceptors (Lipinski definition) is 4. The molecule has 0 aliphatic heterocycles. The Morgan fingerprint density at radius 3 is 2.39 bits per heavy atom. The van der Waals surface area contributed by atoms with Crippen molar-refractivity contribution in [3.05, 3.63) is 94.0 Å². The predicted molar refractivity (Wildman–Crippen MR) is 130 cm³/mol. The number of benzene rings is 3. The zero-order chi connectivity index (χ0) is 23.8. The Hall–Kier alpha value is -2.58. The minimum atomic E-state index is -4.14. The van der Waals surface area contributed by atoms with Crippen molar-refractivity contribution in [3.8, 4) is 5.75 Å². The van der Waals surface area contributed by atoms with E-state index in [-0.39, 0.29) is 35.2 Å². The zero-order valence-electron chi connectivity index (χ0n) is 17.9. The van der Waals surface area contributed by atoms with Crippen molar-refractivity contribution < 1.29 is 17.9 Å². The standard InChI is InChI=1S/C24H24Cl2N2O4S/c1-2-32-22-13-12-19(25)15-23(22)33(30,31)28-21(14-17-8-4-3-5-9-17)24(29)27-16-18-10-6-7-11-20(18)26/h3-13,15,21,28H,2,14,16H2,1H3,(H,27,29). The zero-order valence-corrected chi connectivity index (χ0v) is 20.3. The summed E-state index contributed by atoms with van der Waals surface area (Å²) in [5.74, 6) is -0.327. The van der Waals surface area contributed by atoms with Crippen LogP contribution in [0.15, 0.2) is 77.7 Å². The Balaban J connectivity index is 1.87. The Labute approximate surface area is 203 Å². The summed E-state index contributed by atoms with van der Waals surface area (Å²) in [7, 11) is -4.14. The average molecular weight is 507 g/mol. The highest BCUT2D eigenvalue weighted by atomic mass is 35.5. The van der Waals surface area contributed by atoms with Crippen molar-refractivity contribution in [1.82, 2.24) is 10.0 Å². The molecule has 3 aromatic carbocycles. The molecular formula is C24H24Cl2N2O4S. The maximum Gasteiger partial charge on any atom is 0.245 e. The van der Waals surface area contributed by atoms with Crippen LogP contribution in [-0.2, 0) is 27.8 Å². The second kappa shape index (κ2) is 11.5. The van der Waals surface area contributed by atoms with Crippen LogP contribution >= 0.6 is 23.2 Å². The molecule has 0 aliphatic rings. The molecule has 0 spiro atoms. The lowest BCUT2D eigenvalue weighted by molar-refractivity contribution is -0.122. The average Bonchev–Trinajstić information content (AvgIpc) is 2.80. The summed E-state index contributed by atoms with van der Waals surface area (Å²) in [6, 6.07) is 19.5. The number of carbonyl (C=O) groups excluding carboxylic acids is 1. The first kappa shape index (κ1) is 25.1. The predicted octanol–water partition coefficient (Wildman–Crippen LogP) is 4.60. The van der Waals surface area contributed by atoms with E-state index in [9.17, 15) is 13.2 Å². The van der Waals surface area contributed by atoms with Gasteiger partial charge in [-0.2, -0.15) is 4.72 Å². The van der Waals surface area contributed by atoms with Gasteiger partial charge in [0.15, 0.2) is 0 Å². The van der Waals surface area contributed by atoms with Crippen molar-refractivity contribution in [2.45, 2.75) is 30.8 Å². The van der Waals surface area contributed by atoms with E-state index < -0.39 is 22.0 Å². The van der Waals surface area contributed by atoms with E-state index in [0.717, 1.165) is 11.1 Å². The Morgan fingerprint density at radius 1 is 1.00 bits per heavy atom. The highest BCUT2D eigenvalue weighted by Crippen LogP contribution is 2.27. The van der Waals surface area contributed by atoms with Gasteiger partial charge in [0.2, 0.25) is 15.9 Å². The fourth-order valence-corrected chi connectivity index (χ4v) is 5.01. The number of rotatable bonds is 10. The lowest BCUT2D eigenvalue weighted by atomic mass is 10.1. The van der Waals surface area contributed by atoms with Gasteiger partial charge in [0.05, 0.1) is 6.61 Å². The molecule has 1 unspecified atom stereocenters. The first-order valence-electron chi connectivity index (χ1n) is 10.3. The minimum absolute atomic E-state index is 0.131. The van der Waals surface area contributed by atoms with E-state index >= 15 is 0 Å². The molecule has 174 valence electrons. The lowest BCUT2D eigenvalue weighted by Gasteiger charge is -2.20. The smallest absolute Gasteiger partial charge is 0.245 e. The molecule has 0 bridgehead atoms. The topological polar surface area (TPSA) is 84.5 Å². The van der Waals surface area contributed by atoms with Crippen LogP contribution in [-0.4, -0.2) is 27.0 Å². The Kier molecular flexibility index (Phi) is 8.74. The van der Waals surface area contributed by atoms with Crippen LogP contribution in [0.2, 0.25) is 10.0 Å². The van der Waals surface area contributed by atoms with Crippen LogP contribution in [0.5, 0.6) is 5.75 Å². The highest BCUT2D eigenvalue weighted by Gasteiger charge is 2.28. The van der Waals surface area contributed by atoms with E-state index in [1.54, 1.807) is 31.2 Å². The monoisotopic (exact) mass is 506 g/mol. The molecule has 0 fully saturated rings. The van der Waals surface area contributed by atoms with Crippen LogP contribution in [0.1, 0.15) is 18.1 Å². The molecule has 0 heterocycles. The van der Waals surface area contributed by atoms with Crippen LogP contribution in [0.3, 0.4) is 0 Å². The van der Waals surface area contributed by atoms with E-state index in [2.05, 4.69) is 10.0 Å². The lowest BCUT2D eigenvalue weighted by Crippen LogP contribution is -2.47. The van der Waals surface area contributed by atoms with Gasteiger partial charge in [-0.25, -0.2) is 8.42 Å². The van der Waals surface area contributed by atoms with Crippen molar-refractivity contribution in [3.63, 3.8) is 0 Å². The first-order valence-corrected chi connectivity index (χ1v) is 12.5. The number of halogens is 2. The van der Waals surface area contributed by atoms with E-state index in [4.69, 9.17) is 27.9 Å². The first-order chi connectivity index (χ1) is 15.8. The largest absolute Gasteiger partial charge is 0.492 e. The number of amides is 1. The van der Waals surface area contributed by atoms with Crippen molar-refractivity contribution in [2.24, 2.45) is 0 Å². The number of sulfonamides is 1. The normalized spacial score (nSPS) is 12.2. The van der Waals surface area contributed by atoms with Crippen LogP contribution < -0.4 is 14.8 Å². The molecule has 1 atom stereocenters. The van der Waals surface area contributed by atoms with Gasteiger partial charge >= 0.3 is 0 Å². The van der Waals surface area contributed by atoms with Gasteiger partial charge in [-0.3, -0.25) is 4.79 Å². The summed E-state index contributed by atoms with van der Waals surface area (Å²) in [4.78, 5) is 12.9. The third-order valence-corrected chi connectivity index (χ3v) is 6.90. The maximum absolute atomic E-state index is 13.3. The van der Waals surface area contributed by atoms with Gasteiger partial charge in [0.25, 0.3) is 0 Å². The molecular weight excluding hydrogens is 483 g/mol. The third kappa shape index (κ3) is 6.95. The number of hydrogen-bond donors (Lipinski definition) is 2. The number of carbonyl (C=O) groups is 1. The summed E-state index contributed by atoms with van der Waals surface area (Å²) < 4.78 is 34.5. The second-order valence-electron chi connectivity index (χ2n) is 7.20. The fourth-order valence-electron chi connectivity index (χ4n) is 3.20. The molecule has 0 radical (unpaired) electrons. The molecule has 0 aromatic heterocycles. The molecule has 2 N–H and O–H groups in total. The molecule has 6 nitrogen and oxygen atoms in total. The van der Waals surface area contributed by atoms with E-state index in [1.165, 1.54) is 12.1 Å². The molecule has 3 aromatic rings. The molecule has 33 heavy (non-hydrogen) atoms. The van der Waals surface area contributed by atoms with Gasteiger partial charge in [0, 0.05) is 16.6 Å². The number of ether oxygens (including phenoxy) is 1. The molecule has 9 heteroatoms. The van der Waals surface area contributed by atoms with Crippen molar-refractivity contribution >= 4 is 39.1 Å². The molecule has 3 rings (SSSR count). The van der Waals surface area contributed by atoms with Gasteiger partial charge < -0.3 is 10.1 Å². The quantitative estimate of drug-likeness (QED) is 0.420. The molecule has 0 saturated heterocycles. The summed E-state index contributed by atoms with van der Waals surface area (Å²) >= 11 is 12.2. The van der Waals surface area contributed by atoms with Gasteiger partial charge in [0.1, 0.15) is 16.7 Å². The van der Waals surface area contributed by atoms with E-state index in [1.807, 2.05) is 36.4 Å². The van der Waals surface area contributed by atoms with Crippen LogP contribution in [0.25, 0.3) is 0 Å². The summed E-state index contributed by atoms with van der Waals surface area (Å²) in [6.07, 6.45) is 0.152. The van der Waals surface area contributed by atoms with Gasteiger partial charge in [-0.1, -0.05) is 71.7 Å². The molecule has 0 saturated carbocycles. The van der Waals surface area contributed by atoms with Crippen LogP contribution in [0.4, 0.5) is 0 Å². The summed E-state index contributed by atoms with van der Waals surface area (Å²) in [5, 5.41) is 3.53. The Morgan fingerprint density at radius 2 is 1.70 bits per heavy atom. The third-order valence-electron chi connectivity index (χ3n) is 4.80. The van der Waals surface area contributed by atoms with Crippen LogP contribution in [0, 0.1) is 0 Å². The minimum Gasteiger partial charge on any atom is -0.492 e.